The predicted octanol–water partition coefficient (Wildman–Crippen LogP) is 1.73. The molecule has 1 nitrogen and oxygen atoms in total. The minimum atomic E-state index is 0.292. The highest BCUT2D eigenvalue weighted by molar-refractivity contribution is 7.80. The Hall–Kier alpha value is -0.253. The molecule has 0 aliphatic heterocycles. The third kappa shape index (κ3) is 3.54. The van der Waals surface area contributed by atoms with Gasteiger partial charge in [-0.25, -0.2) is 0 Å². The van der Waals surface area contributed by atoms with Crippen molar-refractivity contribution >= 4 is 23.1 Å². The Bertz CT molecular complexity index is 228. The molecule has 0 bridgehead atoms. The van der Waals surface area contributed by atoms with Gasteiger partial charge in [0.1, 0.15) is 10.5 Å². The second kappa shape index (κ2) is 6.24. The molecule has 0 fully saturated rings. The van der Waals surface area contributed by atoms with Gasteiger partial charge in [0, 0.05) is 0 Å². The van der Waals surface area contributed by atoms with Gasteiger partial charge in [-0.1, -0.05) is 30.3 Å². The minimum Gasteiger partial charge on any atom is -0.421 e. The maximum atomic E-state index is 5.54. The first-order chi connectivity index (χ1) is 6.38. The number of thiol groups is 1. The topological polar surface area (TPSA) is 9.23 Å². The molecule has 72 valence electrons. The van der Waals surface area contributed by atoms with Gasteiger partial charge in [0.2, 0.25) is 0 Å². The second-order valence-corrected chi connectivity index (χ2v) is 3.92. The van der Waals surface area contributed by atoms with Crippen molar-refractivity contribution in [3.8, 4) is 0 Å². The molecule has 1 aromatic rings. The van der Waals surface area contributed by atoms with E-state index in [1.54, 1.807) is 0 Å². The van der Waals surface area contributed by atoms with Gasteiger partial charge < -0.3 is 4.43 Å². The Labute approximate surface area is 88.5 Å². The van der Waals surface area contributed by atoms with Crippen LogP contribution in [0.1, 0.15) is 24.5 Å². The Balaban J connectivity index is 2.56. The zero-order valence-corrected chi connectivity index (χ0v) is 10.8. The van der Waals surface area contributed by atoms with Gasteiger partial charge in [0.05, 0.1) is 6.10 Å². The molecular weight excluding hydrogens is 196 g/mol. The Morgan fingerprint density at radius 2 is 2.00 bits per heavy atom. The molecule has 1 aromatic carbocycles. The van der Waals surface area contributed by atoms with Gasteiger partial charge >= 0.3 is 0 Å². The van der Waals surface area contributed by atoms with Crippen LogP contribution in [0.3, 0.4) is 0 Å². The summed E-state index contributed by atoms with van der Waals surface area (Å²) in [6, 6.07) is 10.4. The van der Waals surface area contributed by atoms with E-state index >= 15 is 0 Å². The first-order valence-corrected chi connectivity index (χ1v) is 6.02. The summed E-state index contributed by atoms with van der Waals surface area (Å²) in [7, 11) is 0.799. The smallest absolute Gasteiger partial charge is 0.146 e. The quantitative estimate of drug-likeness (QED) is 0.578. The second-order valence-electron chi connectivity index (χ2n) is 3.00. The van der Waals surface area contributed by atoms with Gasteiger partial charge in [-0.2, -0.15) is 12.6 Å². The number of hydrogen-bond acceptors (Lipinski definition) is 2. The molecule has 3 heteroatoms. The summed E-state index contributed by atoms with van der Waals surface area (Å²) in [4.78, 5) is 0. The monoisotopic (exact) mass is 212 g/mol. The lowest BCUT2D eigenvalue weighted by atomic mass is 10.1. The van der Waals surface area contributed by atoms with E-state index in [9.17, 15) is 0 Å². The fourth-order valence-corrected chi connectivity index (χ4v) is 2.06. The molecule has 1 rings (SSSR count). The van der Waals surface area contributed by atoms with Crippen LogP contribution in [0.25, 0.3) is 0 Å². The van der Waals surface area contributed by atoms with Gasteiger partial charge in [-0.15, -0.1) is 0 Å². The van der Waals surface area contributed by atoms with E-state index in [0.717, 1.165) is 29.1 Å². The summed E-state index contributed by atoms with van der Waals surface area (Å²) in [6.45, 7) is 0. The van der Waals surface area contributed by atoms with Gasteiger partial charge in [0.25, 0.3) is 0 Å². The third-order valence-electron chi connectivity index (χ3n) is 2.08. The van der Waals surface area contributed by atoms with Crippen LogP contribution < -0.4 is 0 Å². The molecule has 0 radical (unpaired) electrons. The van der Waals surface area contributed by atoms with Crippen molar-refractivity contribution in [3.05, 3.63) is 35.9 Å². The van der Waals surface area contributed by atoms with E-state index in [-0.39, 0.29) is 0 Å². The molecule has 0 saturated carbocycles. The summed E-state index contributed by atoms with van der Waals surface area (Å²) >= 11 is 4.20. The molecule has 0 amide bonds. The predicted molar refractivity (Wildman–Crippen MR) is 63.3 cm³/mol. The van der Waals surface area contributed by atoms with Crippen molar-refractivity contribution in [2.45, 2.75) is 18.9 Å². The zero-order chi connectivity index (χ0) is 9.52. The van der Waals surface area contributed by atoms with Crippen LogP contribution in [-0.2, 0) is 4.43 Å². The van der Waals surface area contributed by atoms with E-state index in [2.05, 4.69) is 36.9 Å². The fraction of sp³-hybridized carbons (Fsp3) is 0.400. The standard InChI is InChI=1S/C10H16OSSi/c12-8-4-7-10(11-13)9-5-2-1-3-6-9/h1-3,5-6,10,12H,4,7-8H2,13H3. The molecule has 13 heavy (non-hydrogen) atoms. The lowest BCUT2D eigenvalue weighted by Gasteiger charge is -2.15. The van der Waals surface area contributed by atoms with Crippen LogP contribution in [-0.4, -0.2) is 16.2 Å². The largest absolute Gasteiger partial charge is 0.421 e. The minimum absolute atomic E-state index is 0.292. The number of hydrogen-bond donors (Lipinski definition) is 1. The highest BCUT2D eigenvalue weighted by Crippen LogP contribution is 2.21. The summed E-state index contributed by atoms with van der Waals surface area (Å²) in [6.07, 6.45) is 2.49. The molecular formula is C10H16OSSi. The Morgan fingerprint density at radius 3 is 2.54 bits per heavy atom. The van der Waals surface area contributed by atoms with Crippen molar-refractivity contribution < 1.29 is 4.43 Å². The molecule has 1 unspecified atom stereocenters. The maximum Gasteiger partial charge on any atom is 0.146 e. The average Bonchev–Trinajstić information content (AvgIpc) is 2.21. The average molecular weight is 212 g/mol. The van der Waals surface area contributed by atoms with Crippen molar-refractivity contribution in [2.24, 2.45) is 0 Å². The van der Waals surface area contributed by atoms with Crippen LogP contribution in [0.2, 0.25) is 0 Å². The molecule has 1 atom stereocenters. The highest BCUT2D eigenvalue weighted by atomic mass is 32.1. The fourth-order valence-electron chi connectivity index (χ4n) is 1.36. The maximum absolute atomic E-state index is 5.54. The first kappa shape index (κ1) is 10.8. The number of rotatable bonds is 5. The molecule has 0 saturated heterocycles. The summed E-state index contributed by atoms with van der Waals surface area (Å²) < 4.78 is 5.54. The van der Waals surface area contributed by atoms with E-state index in [0.29, 0.717) is 6.10 Å². The van der Waals surface area contributed by atoms with Crippen LogP contribution in [0, 0.1) is 0 Å². The lowest BCUT2D eigenvalue weighted by molar-refractivity contribution is 0.214. The van der Waals surface area contributed by atoms with Crippen LogP contribution in [0.4, 0.5) is 0 Å². The van der Waals surface area contributed by atoms with E-state index in [1.807, 2.05) is 6.07 Å². The van der Waals surface area contributed by atoms with E-state index in [1.165, 1.54) is 5.56 Å². The molecule has 0 aromatic heterocycles. The van der Waals surface area contributed by atoms with Crippen molar-refractivity contribution in [3.63, 3.8) is 0 Å². The van der Waals surface area contributed by atoms with Gasteiger partial charge in [0.15, 0.2) is 0 Å². The molecule has 0 aliphatic rings. The molecule has 0 N–H and O–H groups in total. The van der Waals surface area contributed by atoms with Gasteiger partial charge in [-0.05, 0) is 24.2 Å². The summed E-state index contributed by atoms with van der Waals surface area (Å²) in [5.74, 6) is 0.939. The Kier molecular flexibility index (Phi) is 5.19. The zero-order valence-electron chi connectivity index (χ0n) is 7.94. The SMILES string of the molecule is [SiH3]OC(CCCS)c1ccccc1. The van der Waals surface area contributed by atoms with Crippen molar-refractivity contribution in [1.82, 2.24) is 0 Å². The molecule has 0 heterocycles. The number of benzene rings is 1. The van der Waals surface area contributed by atoms with E-state index in [4.69, 9.17) is 4.43 Å². The molecule has 0 aliphatic carbocycles. The normalized spacial score (nSPS) is 13.0. The lowest BCUT2D eigenvalue weighted by Crippen LogP contribution is -2.02. The van der Waals surface area contributed by atoms with Crippen molar-refractivity contribution in [2.75, 3.05) is 5.75 Å². The third-order valence-corrected chi connectivity index (χ3v) is 2.97. The summed E-state index contributed by atoms with van der Waals surface area (Å²) in [5.41, 5.74) is 1.29. The van der Waals surface area contributed by atoms with E-state index < -0.39 is 0 Å². The highest BCUT2D eigenvalue weighted by Gasteiger charge is 2.07. The van der Waals surface area contributed by atoms with Crippen LogP contribution in [0.15, 0.2) is 30.3 Å². The van der Waals surface area contributed by atoms with Gasteiger partial charge in [-0.3, -0.25) is 0 Å². The Morgan fingerprint density at radius 1 is 1.31 bits per heavy atom. The molecule has 0 spiro atoms. The van der Waals surface area contributed by atoms with Crippen molar-refractivity contribution in [1.29, 1.82) is 0 Å². The van der Waals surface area contributed by atoms with Crippen LogP contribution >= 0.6 is 12.6 Å². The first-order valence-electron chi connectivity index (χ1n) is 4.57. The van der Waals surface area contributed by atoms with Crippen LogP contribution in [0.5, 0.6) is 0 Å². The summed E-state index contributed by atoms with van der Waals surface area (Å²) in [5, 5.41) is 0.